The number of hydrogen-bond acceptors (Lipinski definition) is 5. The van der Waals surface area contributed by atoms with Gasteiger partial charge in [0.05, 0.1) is 9.92 Å². The molecule has 0 unspecified atom stereocenters. The van der Waals surface area contributed by atoms with Gasteiger partial charge in [-0.15, -0.1) is 5.10 Å². The molecule has 0 saturated heterocycles. The van der Waals surface area contributed by atoms with Crippen molar-refractivity contribution >= 4 is 44.5 Å². The molecule has 1 aliphatic rings. The Balaban J connectivity index is 0.000000519. The summed E-state index contributed by atoms with van der Waals surface area (Å²) < 4.78 is 41.8. The van der Waals surface area contributed by atoms with Gasteiger partial charge >= 0.3 is 0 Å². The van der Waals surface area contributed by atoms with E-state index in [2.05, 4.69) is 35.8 Å². The Kier molecular flexibility index (Phi) is 10.3. The highest BCUT2D eigenvalue weighted by molar-refractivity contribution is 7.91. The van der Waals surface area contributed by atoms with E-state index < -0.39 is 15.7 Å². The van der Waals surface area contributed by atoms with Gasteiger partial charge in [0.2, 0.25) is 9.84 Å². The number of aromatic nitrogens is 3. The average molecular weight is 530 g/mol. The van der Waals surface area contributed by atoms with Crippen molar-refractivity contribution in [1.29, 1.82) is 0 Å². The first-order valence-electron chi connectivity index (χ1n) is 11.2. The van der Waals surface area contributed by atoms with Crippen molar-refractivity contribution in [2.45, 2.75) is 69.1 Å². The second-order valence-corrected chi connectivity index (χ2v) is 10.3. The molecular weight excluding hydrogens is 498 g/mol. The molecule has 1 aromatic carbocycles. The van der Waals surface area contributed by atoms with Gasteiger partial charge in [0, 0.05) is 18.4 Å². The number of halogens is 3. The maximum Gasteiger partial charge on any atom is 0.214 e. The molecule has 0 saturated carbocycles. The van der Waals surface area contributed by atoms with Crippen molar-refractivity contribution in [2.75, 3.05) is 12.4 Å². The van der Waals surface area contributed by atoms with Gasteiger partial charge in [-0.1, -0.05) is 56.5 Å². The van der Waals surface area contributed by atoms with E-state index >= 15 is 0 Å². The first kappa shape index (κ1) is 28.1. The van der Waals surface area contributed by atoms with Gasteiger partial charge in [-0.2, -0.15) is 0 Å². The van der Waals surface area contributed by atoms with E-state index in [-0.39, 0.29) is 26.3 Å². The highest BCUT2D eigenvalue weighted by Gasteiger charge is 2.31. The van der Waals surface area contributed by atoms with Crippen LogP contribution in [0.3, 0.4) is 0 Å². The van der Waals surface area contributed by atoms with Gasteiger partial charge in [-0.05, 0) is 61.9 Å². The van der Waals surface area contributed by atoms with Gasteiger partial charge in [0.1, 0.15) is 5.82 Å². The maximum absolute atomic E-state index is 13.5. The molecular formula is C24H31Cl2FN4O2S. The molecule has 6 nitrogen and oxygen atoms in total. The topological polar surface area (TPSA) is 76.4 Å². The van der Waals surface area contributed by atoms with Crippen LogP contribution in [-0.2, 0) is 22.7 Å². The van der Waals surface area contributed by atoms with Gasteiger partial charge in [0.25, 0.3) is 0 Å². The first-order valence-corrected chi connectivity index (χ1v) is 13.5. The normalized spacial score (nSPS) is 12.7. The maximum atomic E-state index is 13.5. The lowest BCUT2D eigenvalue weighted by Crippen LogP contribution is -2.14. The van der Waals surface area contributed by atoms with E-state index in [1.54, 1.807) is 11.6 Å². The van der Waals surface area contributed by atoms with Gasteiger partial charge in [-0.3, -0.25) is 0 Å². The third-order valence-electron chi connectivity index (χ3n) is 5.43. The monoisotopic (exact) mass is 528 g/mol. The zero-order valence-corrected chi connectivity index (χ0v) is 22.3. The molecule has 2 aromatic heterocycles. The molecule has 1 aliphatic carbocycles. The molecule has 0 spiro atoms. The van der Waals surface area contributed by atoms with Crippen LogP contribution in [-0.4, -0.2) is 30.1 Å². The number of aryl methyl sites for hydroxylation is 2. The Morgan fingerprint density at radius 1 is 1.24 bits per heavy atom. The molecule has 4 rings (SSSR count). The highest BCUT2D eigenvalue weighted by atomic mass is 35.5. The third kappa shape index (κ3) is 5.90. The summed E-state index contributed by atoms with van der Waals surface area (Å²) >= 11 is 10.6. The Bertz CT molecular complexity index is 1260. The highest BCUT2D eigenvalue weighted by Crippen LogP contribution is 2.34. The van der Waals surface area contributed by atoms with Crippen LogP contribution in [0.2, 0.25) is 5.02 Å². The molecule has 0 atom stereocenters. The van der Waals surface area contributed by atoms with Crippen LogP contribution in [0.1, 0.15) is 56.5 Å². The second kappa shape index (κ2) is 12.5. The molecule has 0 fully saturated rings. The Morgan fingerprint density at radius 2 is 1.85 bits per heavy atom. The number of sulfone groups is 1. The Hall–Kier alpha value is -2.16. The molecule has 10 heteroatoms. The number of nitrogens with one attached hydrogen (secondary N) is 1. The van der Waals surface area contributed by atoms with Crippen molar-refractivity contribution in [3.05, 3.63) is 58.1 Å². The van der Waals surface area contributed by atoms with Gasteiger partial charge < -0.3 is 5.32 Å². The quantitative estimate of drug-likeness (QED) is 0.378. The molecule has 186 valence electrons. The standard InChI is InChI=1S/C18H18ClFN4O2S.C4H10.C2H3Cl/c1-10-12-5-3-4-6-15(12)24-18(22-10)16(17(21-2)23-24)27(25,26)11-7-8-14(20)13(19)9-11;1-3-4-2;1-2-3/h7-9H,3-6H2,1-2H3,(H,21,23);3-4H2,1-2H3;2H,1H2. The summed E-state index contributed by atoms with van der Waals surface area (Å²) in [6.45, 7) is 9.38. The molecule has 34 heavy (non-hydrogen) atoms. The summed E-state index contributed by atoms with van der Waals surface area (Å²) in [5.74, 6) is -0.464. The van der Waals surface area contributed by atoms with Crippen molar-refractivity contribution in [3.8, 4) is 0 Å². The SMILES string of the molecule is C=CCl.CCCC.CNc1nn2c3c(c(C)nc2c1S(=O)(=O)c1ccc(F)c(Cl)c1)CCCC3. The van der Waals surface area contributed by atoms with E-state index in [9.17, 15) is 12.8 Å². The minimum atomic E-state index is -4.01. The predicted octanol–water partition coefficient (Wildman–Crippen LogP) is 6.76. The van der Waals surface area contributed by atoms with Gasteiger partial charge in [-0.25, -0.2) is 22.3 Å². The zero-order valence-electron chi connectivity index (χ0n) is 20.0. The molecule has 1 N–H and O–H groups in total. The second-order valence-electron chi connectivity index (χ2n) is 7.73. The number of anilines is 1. The number of rotatable bonds is 4. The largest absolute Gasteiger partial charge is 0.370 e. The van der Waals surface area contributed by atoms with E-state index in [4.69, 9.17) is 23.2 Å². The van der Waals surface area contributed by atoms with E-state index in [1.807, 2.05) is 6.92 Å². The molecule has 0 amide bonds. The van der Waals surface area contributed by atoms with Gasteiger partial charge in [0.15, 0.2) is 16.4 Å². The molecule has 3 aromatic rings. The first-order chi connectivity index (χ1) is 16.2. The van der Waals surface area contributed by atoms with Crippen molar-refractivity contribution in [3.63, 3.8) is 0 Å². The van der Waals surface area contributed by atoms with Crippen LogP contribution >= 0.6 is 23.2 Å². The zero-order chi connectivity index (χ0) is 25.5. The molecule has 0 radical (unpaired) electrons. The third-order valence-corrected chi connectivity index (χ3v) is 7.51. The van der Waals surface area contributed by atoms with Crippen molar-refractivity contribution < 1.29 is 12.8 Å². The summed E-state index contributed by atoms with van der Waals surface area (Å²) in [4.78, 5) is 4.44. The summed E-state index contributed by atoms with van der Waals surface area (Å²) in [5.41, 5.74) is 4.44. The van der Waals surface area contributed by atoms with Crippen LogP contribution < -0.4 is 5.32 Å². The minimum Gasteiger partial charge on any atom is -0.370 e. The fourth-order valence-electron chi connectivity index (χ4n) is 3.59. The number of unbranched alkanes of at least 4 members (excludes halogenated alkanes) is 1. The lowest BCUT2D eigenvalue weighted by atomic mass is 9.95. The van der Waals surface area contributed by atoms with Crippen LogP contribution in [0.25, 0.3) is 5.65 Å². The Morgan fingerprint density at radius 3 is 2.41 bits per heavy atom. The van der Waals surface area contributed by atoms with Crippen molar-refractivity contribution in [1.82, 2.24) is 14.6 Å². The minimum absolute atomic E-state index is 0.0239. The number of benzene rings is 1. The lowest BCUT2D eigenvalue weighted by molar-refractivity contribution is 0.595. The van der Waals surface area contributed by atoms with E-state index in [1.165, 1.54) is 24.4 Å². The number of nitrogens with zero attached hydrogens (tertiary/aromatic N) is 3. The molecule has 0 bridgehead atoms. The number of fused-ring (bicyclic) bond motifs is 3. The smallest absolute Gasteiger partial charge is 0.214 e. The average Bonchev–Trinajstić information content (AvgIpc) is 3.21. The summed E-state index contributed by atoms with van der Waals surface area (Å²) in [7, 11) is -2.40. The van der Waals surface area contributed by atoms with E-state index in [0.717, 1.165) is 54.8 Å². The predicted molar refractivity (Wildman–Crippen MR) is 137 cm³/mol. The number of hydrogen-bond donors (Lipinski definition) is 1. The van der Waals surface area contributed by atoms with Crippen LogP contribution in [0.4, 0.5) is 10.2 Å². The summed E-state index contributed by atoms with van der Waals surface area (Å²) in [6.07, 6.45) is 6.48. The fourth-order valence-corrected chi connectivity index (χ4v) is 5.36. The van der Waals surface area contributed by atoms with E-state index in [0.29, 0.717) is 0 Å². The van der Waals surface area contributed by atoms with Crippen molar-refractivity contribution in [2.24, 2.45) is 0 Å². The fraction of sp³-hybridized carbons (Fsp3) is 0.417. The molecule has 0 aliphatic heterocycles. The Labute approximate surface area is 211 Å². The summed E-state index contributed by atoms with van der Waals surface area (Å²) in [5, 5.41) is 7.08. The molecule has 2 heterocycles. The summed E-state index contributed by atoms with van der Waals surface area (Å²) in [6, 6.07) is 3.35. The van der Waals surface area contributed by atoms with Crippen LogP contribution in [0.5, 0.6) is 0 Å². The van der Waals surface area contributed by atoms with Crippen LogP contribution in [0, 0.1) is 12.7 Å². The van der Waals surface area contributed by atoms with Crippen LogP contribution in [0.15, 0.2) is 40.1 Å². The lowest BCUT2D eigenvalue weighted by Gasteiger charge is -2.18.